The second-order valence-corrected chi connectivity index (χ2v) is 6.13. The molecule has 1 aliphatic heterocycles. The standard InChI is InChI=1S/C13H28N4O/c1-13(2,3)15-12(18)11-16(4)9-10-17-7-5-14-6-8-17/h14H,5-11H2,1-4H3,(H,15,18). The second-order valence-electron chi connectivity index (χ2n) is 6.13. The molecule has 1 amide bonds. The van der Waals surface area contributed by atoms with Gasteiger partial charge in [0.15, 0.2) is 0 Å². The Kier molecular flexibility index (Phi) is 6.05. The number of carbonyl (C=O) groups is 1. The molecule has 0 radical (unpaired) electrons. The number of nitrogens with zero attached hydrogens (tertiary/aromatic N) is 2. The highest BCUT2D eigenvalue weighted by Crippen LogP contribution is 1.98. The van der Waals surface area contributed by atoms with Gasteiger partial charge in [-0.3, -0.25) is 14.6 Å². The SMILES string of the molecule is CN(CCN1CCNCC1)CC(=O)NC(C)(C)C. The van der Waals surface area contributed by atoms with Gasteiger partial charge in [0.05, 0.1) is 6.54 Å². The number of nitrogens with one attached hydrogen (secondary N) is 2. The van der Waals surface area contributed by atoms with Crippen molar-refractivity contribution in [3.8, 4) is 0 Å². The molecule has 1 heterocycles. The average Bonchev–Trinajstić information content (AvgIpc) is 2.25. The van der Waals surface area contributed by atoms with Crippen LogP contribution in [0, 0.1) is 0 Å². The maximum atomic E-state index is 11.7. The normalized spacial score (nSPS) is 18.1. The predicted octanol–water partition coefficient (Wildman–Crippen LogP) is -0.262. The molecular weight excluding hydrogens is 228 g/mol. The summed E-state index contributed by atoms with van der Waals surface area (Å²) in [4.78, 5) is 16.3. The molecule has 0 unspecified atom stereocenters. The summed E-state index contributed by atoms with van der Waals surface area (Å²) in [5.41, 5.74) is -0.142. The van der Waals surface area contributed by atoms with E-state index >= 15 is 0 Å². The van der Waals surface area contributed by atoms with E-state index in [2.05, 4.69) is 20.4 Å². The Morgan fingerprint density at radius 1 is 1.33 bits per heavy atom. The maximum absolute atomic E-state index is 11.7. The van der Waals surface area contributed by atoms with Gasteiger partial charge in [-0.15, -0.1) is 0 Å². The van der Waals surface area contributed by atoms with E-state index in [0.717, 1.165) is 39.3 Å². The summed E-state index contributed by atoms with van der Waals surface area (Å²) in [6.07, 6.45) is 0. The van der Waals surface area contributed by atoms with Crippen LogP contribution >= 0.6 is 0 Å². The second kappa shape index (κ2) is 7.07. The van der Waals surface area contributed by atoms with E-state index in [9.17, 15) is 4.79 Å². The van der Waals surface area contributed by atoms with Gasteiger partial charge in [0, 0.05) is 44.8 Å². The van der Waals surface area contributed by atoms with Gasteiger partial charge in [-0.25, -0.2) is 0 Å². The molecule has 0 atom stereocenters. The molecule has 0 aromatic carbocycles. The van der Waals surface area contributed by atoms with Crippen LogP contribution in [0.1, 0.15) is 20.8 Å². The van der Waals surface area contributed by atoms with Crippen LogP contribution in [0.5, 0.6) is 0 Å². The first-order valence-corrected chi connectivity index (χ1v) is 6.79. The topological polar surface area (TPSA) is 47.6 Å². The highest BCUT2D eigenvalue weighted by Gasteiger charge is 2.16. The Labute approximate surface area is 111 Å². The van der Waals surface area contributed by atoms with Crippen molar-refractivity contribution >= 4 is 5.91 Å². The molecule has 0 spiro atoms. The van der Waals surface area contributed by atoms with Crippen LogP contribution in [0.2, 0.25) is 0 Å². The molecule has 0 aliphatic carbocycles. The smallest absolute Gasteiger partial charge is 0.234 e. The summed E-state index contributed by atoms with van der Waals surface area (Å²) in [6.45, 7) is 12.9. The van der Waals surface area contributed by atoms with Crippen molar-refractivity contribution in [2.24, 2.45) is 0 Å². The molecule has 1 rings (SSSR count). The summed E-state index contributed by atoms with van der Waals surface area (Å²) in [5.74, 6) is 0.102. The van der Waals surface area contributed by atoms with Gasteiger partial charge in [0.25, 0.3) is 0 Å². The quantitative estimate of drug-likeness (QED) is 0.711. The fourth-order valence-electron chi connectivity index (χ4n) is 2.03. The van der Waals surface area contributed by atoms with Crippen molar-refractivity contribution in [1.29, 1.82) is 0 Å². The van der Waals surface area contributed by atoms with Gasteiger partial charge in [0.2, 0.25) is 5.91 Å². The van der Waals surface area contributed by atoms with Crippen LogP contribution in [0.15, 0.2) is 0 Å². The molecule has 5 nitrogen and oxygen atoms in total. The van der Waals surface area contributed by atoms with Crippen molar-refractivity contribution in [3.63, 3.8) is 0 Å². The fraction of sp³-hybridized carbons (Fsp3) is 0.923. The number of hydrogen-bond donors (Lipinski definition) is 2. The lowest BCUT2D eigenvalue weighted by Crippen LogP contribution is -2.48. The number of amides is 1. The molecule has 5 heteroatoms. The van der Waals surface area contributed by atoms with Gasteiger partial charge >= 0.3 is 0 Å². The molecule has 2 N–H and O–H groups in total. The Balaban J connectivity index is 2.16. The lowest BCUT2D eigenvalue weighted by molar-refractivity contribution is -0.123. The Hall–Kier alpha value is -0.650. The molecule has 18 heavy (non-hydrogen) atoms. The molecule has 0 aromatic rings. The first-order valence-electron chi connectivity index (χ1n) is 6.79. The number of likely N-dealkylation sites (N-methyl/N-ethyl adjacent to an activating group) is 1. The minimum Gasteiger partial charge on any atom is -0.350 e. The summed E-state index contributed by atoms with van der Waals surface area (Å²) in [6, 6.07) is 0. The van der Waals surface area contributed by atoms with E-state index in [1.54, 1.807) is 0 Å². The molecule has 1 fully saturated rings. The van der Waals surface area contributed by atoms with E-state index in [-0.39, 0.29) is 11.4 Å². The van der Waals surface area contributed by atoms with Crippen molar-refractivity contribution in [3.05, 3.63) is 0 Å². The summed E-state index contributed by atoms with van der Waals surface area (Å²) < 4.78 is 0. The van der Waals surface area contributed by atoms with Gasteiger partial charge < -0.3 is 10.6 Å². The highest BCUT2D eigenvalue weighted by atomic mass is 16.2. The van der Waals surface area contributed by atoms with Gasteiger partial charge in [-0.05, 0) is 27.8 Å². The lowest BCUT2D eigenvalue weighted by Gasteiger charge is -2.29. The molecule has 0 aromatic heterocycles. The Morgan fingerprint density at radius 2 is 1.94 bits per heavy atom. The van der Waals surface area contributed by atoms with Crippen molar-refractivity contribution in [1.82, 2.24) is 20.4 Å². The molecule has 0 bridgehead atoms. The number of piperazine rings is 1. The van der Waals surface area contributed by atoms with Crippen molar-refractivity contribution in [2.45, 2.75) is 26.3 Å². The van der Waals surface area contributed by atoms with Crippen LogP contribution in [0.3, 0.4) is 0 Å². The third-order valence-electron chi connectivity index (χ3n) is 2.94. The molecule has 106 valence electrons. The van der Waals surface area contributed by atoms with Crippen LogP contribution < -0.4 is 10.6 Å². The predicted molar refractivity (Wildman–Crippen MR) is 74.7 cm³/mol. The van der Waals surface area contributed by atoms with Crippen LogP contribution in [0.25, 0.3) is 0 Å². The molecule has 1 saturated heterocycles. The molecule has 0 saturated carbocycles. The van der Waals surface area contributed by atoms with E-state index < -0.39 is 0 Å². The Morgan fingerprint density at radius 3 is 2.50 bits per heavy atom. The third-order valence-corrected chi connectivity index (χ3v) is 2.94. The maximum Gasteiger partial charge on any atom is 0.234 e. The molecular formula is C13H28N4O. The van der Waals surface area contributed by atoms with Gasteiger partial charge in [-0.1, -0.05) is 0 Å². The minimum absolute atomic E-state index is 0.102. The summed E-state index contributed by atoms with van der Waals surface area (Å²) in [7, 11) is 2.00. The highest BCUT2D eigenvalue weighted by molar-refractivity contribution is 5.78. The van der Waals surface area contributed by atoms with E-state index in [1.807, 2.05) is 27.8 Å². The zero-order valence-corrected chi connectivity index (χ0v) is 12.3. The first-order chi connectivity index (χ1) is 8.37. The van der Waals surface area contributed by atoms with E-state index in [1.165, 1.54) is 0 Å². The van der Waals surface area contributed by atoms with Crippen molar-refractivity contribution < 1.29 is 4.79 Å². The first kappa shape index (κ1) is 15.4. The summed E-state index contributed by atoms with van der Waals surface area (Å²) >= 11 is 0. The summed E-state index contributed by atoms with van der Waals surface area (Å²) in [5, 5.41) is 6.32. The molecule has 1 aliphatic rings. The monoisotopic (exact) mass is 256 g/mol. The third kappa shape index (κ3) is 6.93. The zero-order chi connectivity index (χ0) is 13.6. The van der Waals surface area contributed by atoms with Crippen LogP contribution in [0.4, 0.5) is 0 Å². The van der Waals surface area contributed by atoms with Crippen LogP contribution in [-0.4, -0.2) is 74.1 Å². The van der Waals surface area contributed by atoms with Crippen molar-refractivity contribution in [2.75, 3.05) is 52.9 Å². The van der Waals surface area contributed by atoms with Gasteiger partial charge in [-0.2, -0.15) is 0 Å². The number of rotatable bonds is 5. The average molecular weight is 256 g/mol. The van der Waals surface area contributed by atoms with Gasteiger partial charge in [0.1, 0.15) is 0 Å². The van der Waals surface area contributed by atoms with E-state index in [0.29, 0.717) is 6.54 Å². The number of carbonyl (C=O) groups excluding carboxylic acids is 1. The zero-order valence-electron chi connectivity index (χ0n) is 12.3. The lowest BCUT2D eigenvalue weighted by atomic mass is 10.1. The van der Waals surface area contributed by atoms with Crippen LogP contribution in [-0.2, 0) is 4.79 Å². The number of hydrogen-bond acceptors (Lipinski definition) is 4. The minimum atomic E-state index is -0.142. The van der Waals surface area contributed by atoms with E-state index in [4.69, 9.17) is 0 Å². The largest absolute Gasteiger partial charge is 0.350 e. The Bertz CT molecular complexity index is 256. The fourth-order valence-corrected chi connectivity index (χ4v) is 2.03.